The molecule has 1 aromatic carbocycles. The van der Waals surface area contributed by atoms with E-state index in [4.69, 9.17) is 16.9 Å². The Labute approximate surface area is 84.9 Å². The summed E-state index contributed by atoms with van der Waals surface area (Å²) in [5.41, 5.74) is 0.147. The minimum absolute atomic E-state index is 0.00140. The molecule has 70 valence electrons. The summed E-state index contributed by atoms with van der Waals surface area (Å²) in [6.07, 6.45) is 0. The van der Waals surface area contributed by atoms with Gasteiger partial charge < -0.3 is 0 Å². The molecule has 0 spiro atoms. The van der Waals surface area contributed by atoms with Crippen LogP contribution in [0.25, 0.3) is 0 Å². The number of rotatable bonds is 0. The molecule has 14 heavy (non-hydrogen) atoms. The maximum atomic E-state index is 12.7. The lowest BCUT2D eigenvalue weighted by Crippen LogP contribution is -1.91. The standard InChI is InChI=1S/C10H4ClF2N/c11-3-1-2-7-4-9(12)10(13)5-8(7)6-14/h4-5H,3H2. The van der Waals surface area contributed by atoms with E-state index >= 15 is 0 Å². The second-order valence-electron chi connectivity index (χ2n) is 2.36. The number of hydrogen-bond donors (Lipinski definition) is 0. The smallest absolute Gasteiger partial charge is 0.160 e. The average molecular weight is 212 g/mol. The van der Waals surface area contributed by atoms with E-state index in [1.165, 1.54) is 0 Å². The summed E-state index contributed by atoms with van der Waals surface area (Å²) in [6.45, 7) is 0. The molecule has 0 N–H and O–H groups in total. The number of nitrogens with zero attached hydrogens (tertiary/aromatic N) is 1. The van der Waals surface area contributed by atoms with Crippen molar-refractivity contribution in [1.29, 1.82) is 5.26 Å². The highest BCUT2D eigenvalue weighted by atomic mass is 35.5. The van der Waals surface area contributed by atoms with E-state index in [9.17, 15) is 8.78 Å². The first-order chi connectivity index (χ1) is 6.69. The third-order valence-corrected chi connectivity index (χ3v) is 1.60. The highest BCUT2D eigenvalue weighted by molar-refractivity contribution is 6.19. The molecule has 0 unspecified atom stereocenters. The third-order valence-electron chi connectivity index (χ3n) is 1.47. The molecule has 0 heterocycles. The van der Waals surface area contributed by atoms with Gasteiger partial charge >= 0.3 is 0 Å². The van der Waals surface area contributed by atoms with Gasteiger partial charge in [-0.3, -0.25) is 0 Å². The van der Waals surface area contributed by atoms with E-state index < -0.39 is 11.6 Å². The Morgan fingerprint density at radius 1 is 1.21 bits per heavy atom. The summed E-state index contributed by atoms with van der Waals surface area (Å²) in [4.78, 5) is 0. The Kier molecular flexibility index (Phi) is 3.45. The number of halogens is 3. The molecule has 0 radical (unpaired) electrons. The Hall–Kier alpha value is -1.58. The van der Waals surface area contributed by atoms with Crippen LogP contribution in [0.4, 0.5) is 8.78 Å². The van der Waals surface area contributed by atoms with Crippen LogP contribution in [0.3, 0.4) is 0 Å². The summed E-state index contributed by atoms with van der Waals surface area (Å²) >= 11 is 5.29. The zero-order chi connectivity index (χ0) is 10.6. The van der Waals surface area contributed by atoms with Crippen LogP contribution < -0.4 is 0 Å². The Bertz CT molecular complexity index is 452. The molecule has 0 aliphatic heterocycles. The monoisotopic (exact) mass is 211 g/mol. The highest BCUT2D eigenvalue weighted by Gasteiger charge is 2.07. The van der Waals surface area contributed by atoms with Crippen LogP contribution in [0.1, 0.15) is 11.1 Å². The lowest BCUT2D eigenvalue weighted by molar-refractivity contribution is 0.508. The van der Waals surface area contributed by atoms with Gasteiger partial charge in [0.05, 0.1) is 11.4 Å². The molecule has 4 heteroatoms. The summed E-state index contributed by atoms with van der Waals surface area (Å²) < 4.78 is 25.4. The SMILES string of the molecule is N#Cc1cc(F)c(F)cc1C#CCCl. The number of nitriles is 1. The van der Waals surface area contributed by atoms with Crippen molar-refractivity contribution in [3.8, 4) is 17.9 Å². The number of hydrogen-bond acceptors (Lipinski definition) is 1. The van der Waals surface area contributed by atoms with E-state index in [1.807, 2.05) is 0 Å². The largest absolute Gasteiger partial charge is 0.204 e. The van der Waals surface area contributed by atoms with E-state index in [-0.39, 0.29) is 17.0 Å². The fraction of sp³-hybridized carbons (Fsp3) is 0.100. The van der Waals surface area contributed by atoms with Gasteiger partial charge in [-0.2, -0.15) is 5.26 Å². The van der Waals surface area contributed by atoms with Gasteiger partial charge in [-0.05, 0) is 12.1 Å². The minimum Gasteiger partial charge on any atom is -0.204 e. The van der Waals surface area contributed by atoms with E-state index in [1.54, 1.807) is 6.07 Å². The average Bonchev–Trinajstić information content (AvgIpc) is 2.19. The number of benzene rings is 1. The van der Waals surface area contributed by atoms with Crippen LogP contribution in [0.2, 0.25) is 0 Å². The van der Waals surface area contributed by atoms with Gasteiger partial charge in [-0.15, -0.1) is 11.6 Å². The third kappa shape index (κ3) is 2.22. The molecule has 0 aliphatic carbocycles. The fourth-order valence-electron chi connectivity index (χ4n) is 0.871. The molecule has 0 aliphatic rings. The molecule has 1 aromatic rings. The van der Waals surface area contributed by atoms with Gasteiger partial charge in [0.25, 0.3) is 0 Å². The van der Waals surface area contributed by atoms with Gasteiger partial charge in [0.2, 0.25) is 0 Å². The Morgan fingerprint density at radius 3 is 2.29 bits per heavy atom. The molecule has 1 rings (SSSR count). The first-order valence-corrected chi connectivity index (χ1v) is 4.16. The van der Waals surface area contributed by atoms with Crippen molar-refractivity contribution < 1.29 is 8.78 Å². The van der Waals surface area contributed by atoms with E-state index in [0.29, 0.717) is 0 Å². The zero-order valence-electron chi connectivity index (χ0n) is 6.94. The summed E-state index contributed by atoms with van der Waals surface area (Å²) in [6, 6.07) is 3.42. The van der Waals surface area contributed by atoms with E-state index in [0.717, 1.165) is 12.1 Å². The highest BCUT2D eigenvalue weighted by Crippen LogP contribution is 2.13. The Morgan fingerprint density at radius 2 is 1.79 bits per heavy atom. The number of alkyl halides is 1. The molecular formula is C10H4ClF2N. The quantitative estimate of drug-likeness (QED) is 0.478. The van der Waals surface area contributed by atoms with Crippen molar-refractivity contribution in [3.63, 3.8) is 0 Å². The zero-order valence-corrected chi connectivity index (χ0v) is 7.70. The van der Waals surface area contributed by atoms with Crippen LogP contribution >= 0.6 is 11.6 Å². The van der Waals surface area contributed by atoms with Crippen LogP contribution in [0.15, 0.2) is 12.1 Å². The van der Waals surface area contributed by atoms with Crippen molar-refractivity contribution in [2.75, 3.05) is 5.88 Å². The van der Waals surface area contributed by atoms with Crippen molar-refractivity contribution in [2.24, 2.45) is 0 Å². The van der Waals surface area contributed by atoms with Crippen molar-refractivity contribution >= 4 is 11.6 Å². The Balaban J connectivity index is 3.29. The molecule has 1 nitrogen and oxygen atoms in total. The van der Waals surface area contributed by atoms with Gasteiger partial charge in [-0.25, -0.2) is 8.78 Å². The topological polar surface area (TPSA) is 23.8 Å². The molecule has 0 bridgehead atoms. The lowest BCUT2D eigenvalue weighted by Gasteiger charge is -1.96. The van der Waals surface area contributed by atoms with Crippen molar-refractivity contribution in [1.82, 2.24) is 0 Å². The second kappa shape index (κ2) is 4.60. The molecule has 0 saturated carbocycles. The molecule has 0 aromatic heterocycles. The van der Waals surface area contributed by atoms with Crippen LogP contribution in [-0.4, -0.2) is 5.88 Å². The summed E-state index contributed by atoms with van der Waals surface area (Å²) in [7, 11) is 0. The van der Waals surface area contributed by atoms with Gasteiger partial charge in [-0.1, -0.05) is 11.8 Å². The first kappa shape index (κ1) is 10.5. The second-order valence-corrected chi connectivity index (χ2v) is 2.63. The summed E-state index contributed by atoms with van der Waals surface area (Å²) in [5, 5.41) is 8.59. The minimum atomic E-state index is -1.06. The van der Waals surface area contributed by atoms with Crippen LogP contribution in [0, 0.1) is 34.8 Å². The molecule has 0 fully saturated rings. The van der Waals surface area contributed by atoms with Crippen LogP contribution in [0.5, 0.6) is 0 Å². The molecule has 0 atom stereocenters. The maximum absolute atomic E-state index is 12.7. The van der Waals surface area contributed by atoms with Gasteiger partial charge in [0, 0.05) is 5.56 Å². The lowest BCUT2D eigenvalue weighted by atomic mass is 10.1. The normalized spacial score (nSPS) is 8.71. The van der Waals surface area contributed by atoms with Crippen molar-refractivity contribution in [2.45, 2.75) is 0 Å². The molecule has 0 saturated heterocycles. The fourth-order valence-corrected chi connectivity index (χ4v) is 0.938. The molecular weight excluding hydrogens is 208 g/mol. The predicted octanol–water partition coefficient (Wildman–Crippen LogP) is 2.43. The molecule has 0 amide bonds. The summed E-state index contributed by atoms with van der Waals surface area (Å²) in [5.74, 6) is 2.92. The van der Waals surface area contributed by atoms with Gasteiger partial charge in [0.15, 0.2) is 11.6 Å². The van der Waals surface area contributed by atoms with Crippen LogP contribution in [-0.2, 0) is 0 Å². The van der Waals surface area contributed by atoms with Gasteiger partial charge in [0.1, 0.15) is 6.07 Å². The first-order valence-electron chi connectivity index (χ1n) is 3.63. The van der Waals surface area contributed by atoms with Crippen molar-refractivity contribution in [3.05, 3.63) is 34.9 Å². The maximum Gasteiger partial charge on any atom is 0.160 e. The predicted molar refractivity (Wildman–Crippen MR) is 48.7 cm³/mol. The van der Waals surface area contributed by atoms with E-state index in [2.05, 4.69) is 11.8 Å².